The smallest absolute Gasteiger partial charge is 0.123 e. The first-order valence-corrected chi connectivity index (χ1v) is 9.05. The Labute approximate surface area is 148 Å². The zero-order valence-electron chi connectivity index (χ0n) is 14.8. The largest absolute Gasteiger partial charge is 0.329 e. The minimum atomic E-state index is 0.543. The van der Waals surface area contributed by atoms with Gasteiger partial charge in [0.05, 0.1) is 19.3 Å². The number of benzene rings is 1. The van der Waals surface area contributed by atoms with Crippen molar-refractivity contribution in [2.75, 3.05) is 6.54 Å². The minimum Gasteiger partial charge on any atom is -0.329 e. The van der Waals surface area contributed by atoms with E-state index in [1.807, 2.05) is 12.4 Å². The number of rotatable bonds is 6. The summed E-state index contributed by atoms with van der Waals surface area (Å²) in [6, 6.07) is 11.1. The lowest BCUT2D eigenvalue weighted by Crippen LogP contribution is -2.33. The van der Waals surface area contributed by atoms with Crippen molar-refractivity contribution in [2.24, 2.45) is 0 Å². The van der Waals surface area contributed by atoms with E-state index in [4.69, 9.17) is 0 Å². The van der Waals surface area contributed by atoms with Gasteiger partial charge in [-0.1, -0.05) is 30.3 Å². The third-order valence-electron chi connectivity index (χ3n) is 5.00. The molecule has 1 aliphatic heterocycles. The fourth-order valence-corrected chi connectivity index (χ4v) is 3.69. The highest BCUT2D eigenvalue weighted by Crippen LogP contribution is 2.21. The maximum atomic E-state index is 4.62. The van der Waals surface area contributed by atoms with Gasteiger partial charge in [0, 0.05) is 31.2 Å². The molecule has 0 spiro atoms. The third-order valence-corrected chi connectivity index (χ3v) is 5.00. The molecule has 0 unspecified atom stereocenters. The first kappa shape index (κ1) is 16.1. The second-order valence-corrected chi connectivity index (χ2v) is 6.96. The molecule has 1 atom stereocenters. The highest BCUT2D eigenvalue weighted by molar-refractivity contribution is 5.15. The Balaban J connectivity index is 1.44. The van der Waals surface area contributed by atoms with Gasteiger partial charge in [-0.3, -0.25) is 9.58 Å². The van der Waals surface area contributed by atoms with Crippen LogP contribution in [0.4, 0.5) is 0 Å². The van der Waals surface area contributed by atoms with E-state index in [0.717, 1.165) is 32.0 Å². The number of likely N-dealkylation sites (tertiary alicyclic amines) is 1. The van der Waals surface area contributed by atoms with Crippen LogP contribution in [0.3, 0.4) is 0 Å². The van der Waals surface area contributed by atoms with Crippen molar-refractivity contribution in [3.63, 3.8) is 0 Å². The molecule has 0 amide bonds. The van der Waals surface area contributed by atoms with E-state index in [1.54, 1.807) is 0 Å². The topological polar surface area (TPSA) is 38.9 Å². The van der Waals surface area contributed by atoms with Gasteiger partial charge in [0.1, 0.15) is 5.82 Å². The van der Waals surface area contributed by atoms with Crippen LogP contribution in [0, 0.1) is 6.92 Å². The summed E-state index contributed by atoms with van der Waals surface area (Å²) in [6.45, 7) is 5.99. The molecular weight excluding hydrogens is 310 g/mol. The maximum absolute atomic E-state index is 4.62. The summed E-state index contributed by atoms with van der Waals surface area (Å²) in [7, 11) is 0. The number of hydrogen-bond acceptors (Lipinski definition) is 3. The first-order chi connectivity index (χ1) is 12.3. The van der Waals surface area contributed by atoms with Crippen LogP contribution in [0.25, 0.3) is 0 Å². The van der Waals surface area contributed by atoms with Gasteiger partial charge >= 0.3 is 0 Å². The van der Waals surface area contributed by atoms with Crippen molar-refractivity contribution in [1.29, 1.82) is 0 Å². The summed E-state index contributed by atoms with van der Waals surface area (Å²) in [5.74, 6) is 1.15. The van der Waals surface area contributed by atoms with Crippen LogP contribution in [0.5, 0.6) is 0 Å². The molecule has 2 aromatic heterocycles. The first-order valence-electron chi connectivity index (χ1n) is 9.05. The molecule has 3 heterocycles. The molecule has 0 radical (unpaired) electrons. The van der Waals surface area contributed by atoms with Gasteiger partial charge in [0.15, 0.2) is 0 Å². The summed E-state index contributed by atoms with van der Waals surface area (Å²) < 4.78 is 4.34. The second-order valence-electron chi connectivity index (χ2n) is 6.96. The molecule has 1 aliphatic rings. The van der Waals surface area contributed by atoms with Crippen LogP contribution in [0.2, 0.25) is 0 Å². The van der Waals surface area contributed by atoms with Gasteiger partial charge in [0.25, 0.3) is 0 Å². The van der Waals surface area contributed by atoms with E-state index >= 15 is 0 Å². The molecule has 5 heteroatoms. The van der Waals surface area contributed by atoms with Crippen molar-refractivity contribution in [1.82, 2.24) is 24.2 Å². The van der Waals surface area contributed by atoms with E-state index in [0.29, 0.717) is 6.04 Å². The molecule has 3 aromatic rings. The number of nitrogens with zero attached hydrogens (tertiary/aromatic N) is 5. The Hall–Kier alpha value is -2.40. The summed E-state index contributed by atoms with van der Waals surface area (Å²) in [6.07, 6.45) is 10.6. The Kier molecular flexibility index (Phi) is 4.65. The average Bonchev–Trinajstić information content (AvgIpc) is 3.34. The van der Waals surface area contributed by atoms with E-state index in [-0.39, 0.29) is 0 Å². The Morgan fingerprint density at radius 3 is 2.84 bits per heavy atom. The van der Waals surface area contributed by atoms with E-state index in [1.165, 1.54) is 24.0 Å². The Morgan fingerprint density at radius 2 is 2.04 bits per heavy atom. The zero-order valence-corrected chi connectivity index (χ0v) is 14.8. The quantitative estimate of drug-likeness (QED) is 0.695. The van der Waals surface area contributed by atoms with Crippen molar-refractivity contribution >= 4 is 0 Å². The van der Waals surface area contributed by atoms with Crippen molar-refractivity contribution in [3.05, 3.63) is 72.1 Å². The molecule has 0 N–H and O–H groups in total. The zero-order chi connectivity index (χ0) is 17.1. The van der Waals surface area contributed by atoms with Crippen LogP contribution in [-0.4, -0.2) is 36.8 Å². The van der Waals surface area contributed by atoms with Crippen LogP contribution < -0.4 is 0 Å². The number of aryl methyl sites for hydroxylation is 1. The molecule has 0 saturated carbocycles. The van der Waals surface area contributed by atoms with E-state index in [9.17, 15) is 0 Å². The van der Waals surface area contributed by atoms with Crippen LogP contribution in [0.1, 0.15) is 29.8 Å². The highest BCUT2D eigenvalue weighted by atomic mass is 15.3. The predicted octanol–water partition coefficient (Wildman–Crippen LogP) is 3.10. The minimum absolute atomic E-state index is 0.543. The molecule has 1 aromatic carbocycles. The molecule has 4 rings (SSSR count). The molecule has 0 aliphatic carbocycles. The average molecular weight is 335 g/mol. The van der Waals surface area contributed by atoms with Crippen molar-refractivity contribution in [3.8, 4) is 0 Å². The fraction of sp³-hybridized carbons (Fsp3) is 0.400. The van der Waals surface area contributed by atoms with Gasteiger partial charge in [0.2, 0.25) is 0 Å². The monoisotopic (exact) mass is 335 g/mol. The van der Waals surface area contributed by atoms with Gasteiger partial charge in [-0.2, -0.15) is 5.10 Å². The highest BCUT2D eigenvalue weighted by Gasteiger charge is 2.26. The van der Waals surface area contributed by atoms with Crippen molar-refractivity contribution in [2.45, 2.75) is 45.4 Å². The number of imidazole rings is 1. The maximum Gasteiger partial charge on any atom is 0.123 e. The lowest BCUT2D eigenvalue weighted by atomic mass is 10.2. The van der Waals surface area contributed by atoms with Crippen LogP contribution in [-0.2, 0) is 19.6 Å². The standard InChI is InChI=1S/C20H25N5/c1-17-12-22-25(13-17)15-19-8-5-10-23(19)16-20-21-9-11-24(20)14-18-6-3-2-4-7-18/h2-4,6-7,9,11-13,19H,5,8,10,14-16H2,1H3/t19-/m1/s1. The normalized spacial score (nSPS) is 18.0. The molecule has 130 valence electrons. The lowest BCUT2D eigenvalue weighted by Gasteiger charge is -2.24. The molecule has 5 nitrogen and oxygen atoms in total. The molecular formula is C20H25N5. The van der Waals surface area contributed by atoms with Gasteiger partial charge in [-0.15, -0.1) is 0 Å². The number of aromatic nitrogens is 4. The Bertz CT molecular complexity index is 804. The van der Waals surface area contributed by atoms with E-state index in [2.05, 4.69) is 73.9 Å². The van der Waals surface area contributed by atoms with Crippen LogP contribution >= 0.6 is 0 Å². The molecule has 1 saturated heterocycles. The van der Waals surface area contributed by atoms with Gasteiger partial charge < -0.3 is 4.57 Å². The molecule has 25 heavy (non-hydrogen) atoms. The fourth-order valence-electron chi connectivity index (χ4n) is 3.69. The second kappa shape index (κ2) is 7.23. The lowest BCUT2D eigenvalue weighted by molar-refractivity contribution is 0.212. The van der Waals surface area contributed by atoms with E-state index < -0.39 is 0 Å². The summed E-state index contributed by atoms with van der Waals surface area (Å²) in [5.41, 5.74) is 2.54. The van der Waals surface area contributed by atoms with Crippen molar-refractivity contribution < 1.29 is 0 Å². The molecule has 1 fully saturated rings. The SMILES string of the molecule is Cc1cnn(C[C@H]2CCCN2Cc2nccn2Cc2ccccc2)c1. The van der Waals surface area contributed by atoms with Gasteiger partial charge in [-0.05, 0) is 37.4 Å². The predicted molar refractivity (Wildman–Crippen MR) is 98.2 cm³/mol. The van der Waals surface area contributed by atoms with Gasteiger partial charge in [-0.25, -0.2) is 4.98 Å². The number of hydrogen-bond donors (Lipinski definition) is 0. The third kappa shape index (κ3) is 3.82. The van der Waals surface area contributed by atoms with Crippen LogP contribution in [0.15, 0.2) is 55.1 Å². The molecule has 0 bridgehead atoms. The Morgan fingerprint density at radius 1 is 1.16 bits per heavy atom. The summed E-state index contributed by atoms with van der Waals surface area (Å²) in [5, 5.41) is 4.45. The summed E-state index contributed by atoms with van der Waals surface area (Å²) >= 11 is 0. The summed E-state index contributed by atoms with van der Waals surface area (Å²) in [4.78, 5) is 7.18.